The topological polar surface area (TPSA) is 46.9 Å². The number of aryl methyl sites for hydroxylation is 2. The first-order valence-electron chi connectivity index (χ1n) is 7.74. The smallest absolute Gasteiger partial charge is 0.269 e. The average molecular weight is 299 g/mol. The summed E-state index contributed by atoms with van der Waals surface area (Å²) in [5, 5.41) is 7.41. The van der Waals surface area contributed by atoms with Crippen molar-refractivity contribution < 1.29 is 4.79 Å². The molecule has 0 aliphatic rings. The van der Waals surface area contributed by atoms with Gasteiger partial charge in [0.15, 0.2) is 0 Å². The zero-order valence-electron chi connectivity index (χ0n) is 13.9. The lowest BCUT2D eigenvalue weighted by atomic mass is 9.92. The molecule has 1 aromatic heterocycles. The molecule has 0 aliphatic heterocycles. The lowest BCUT2D eigenvalue weighted by Gasteiger charge is -2.13. The molecular weight excluding hydrogens is 274 g/mol. The van der Waals surface area contributed by atoms with Crippen molar-refractivity contribution in [2.24, 2.45) is 7.05 Å². The van der Waals surface area contributed by atoms with E-state index in [0.717, 1.165) is 18.5 Å². The number of nitrogens with zero attached hydrogens (tertiary/aromatic N) is 2. The van der Waals surface area contributed by atoms with Crippen LogP contribution in [-0.2, 0) is 18.9 Å². The number of carbonyl (C=O) groups excluding carboxylic acids is 1. The van der Waals surface area contributed by atoms with Crippen LogP contribution in [0, 0.1) is 0 Å². The van der Waals surface area contributed by atoms with Crippen LogP contribution in [0.2, 0.25) is 0 Å². The van der Waals surface area contributed by atoms with Gasteiger partial charge < -0.3 is 5.32 Å². The summed E-state index contributed by atoms with van der Waals surface area (Å²) in [4.78, 5) is 12.2. The van der Waals surface area contributed by atoms with Crippen LogP contribution in [0.3, 0.4) is 0 Å². The standard InChI is InChI=1S/C18H25N3O/c1-18(2,3)16-13-15(21(4)20-16)17(22)19-12-8-11-14-9-6-5-7-10-14/h5-7,9-10,13H,8,11-12H2,1-4H3,(H,19,22). The zero-order chi connectivity index (χ0) is 16.2. The van der Waals surface area contributed by atoms with Gasteiger partial charge in [-0.15, -0.1) is 0 Å². The van der Waals surface area contributed by atoms with Gasteiger partial charge in [0.25, 0.3) is 5.91 Å². The molecule has 2 aromatic rings. The number of benzene rings is 1. The number of rotatable bonds is 5. The van der Waals surface area contributed by atoms with E-state index in [2.05, 4.69) is 43.3 Å². The summed E-state index contributed by atoms with van der Waals surface area (Å²) in [6.07, 6.45) is 1.90. The van der Waals surface area contributed by atoms with Crippen molar-refractivity contribution in [3.8, 4) is 0 Å². The molecule has 0 saturated heterocycles. The summed E-state index contributed by atoms with van der Waals surface area (Å²) in [6.45, 7) is 6.95. The molecule has 22 heavy (non-hydrogen) atoms. The van der Waals surface area contributed by atoms with Crippen LogP contribution in [-0.4, -0.2) is 22.2 Å². The Labute approximate surface area is 132 Å². The Morgan fingerprint density at radius 3 is 2.50 bits per heavy atom. The molecule has 0 atom stereocenters. The van der Waals surface area contributed by atoms with Gasteiger partial charge in [0.05, 0.1) is 5.69 Å². The molecule has 4 nitrogen and oxygen atoms in total. The van der Waals surface area contributed by atoms with E-state index in [0.29, 0.717) is 12.2 Å². The Morgan fingerprint density at radius 1 is 1.23 bits per heavy atom. The minimum absolute atomic E-state index is 0.0520. The summed E-state index contributed by atoms with van der Waals surface area (Å²) in [6, 6.07) is 12.2. The Kier molecular flexibility index (Phi) is 5.01. The minimum Gasteiger partial charge on any atom is -0.351 e. The molecule has 1 heterocycles. The molecule has 0 spiro atoms. The van der Waals surface area contributed by atoms with Gasteiger partial charge in [-0.25, -0.2) is 0 Å². The second-order valence-electron chi connectivity index (χ2n) is 6.63. The Bertz CT molecular complexity index is 624. The van der Waals surface area contributed by atoms with E-state index in [4.69, 9.17) is 0 Å². The lowest BCUT2D eigenvalue weighted by Crippen LogP contribution is -2.26. The van der Waals surface area contributed by atoms with Gasteiger partial charge in [-0.1, -0.05) is 51.1 Å². The Morgan fingerprint density at radius 2 is 1.91 bits per heavy atom. The van der Waals surface area contributed by atoms with Crippen LogP contribution in [0.15, 0.2) is 36.4 Å². The van der Waals surface area contributed by atoms with Crippen LogP contribution in [0.5, 0.6) is 0 Å². The maximum Gasteiger partial charge on any atom is 0.269 e. The molecular formula is C18H25N3O. The SMILES string of the molecule is Cn1nc(C(C)(C)C)cc1C(=O)NCCCc1ccccc1. The van der Waals surface area contributed by atoms with Gasteiger partial charge in [-0.3, -0.25) is 9.48 Å². The summed E-state index contributed by atoms with van der Waals surface area (Å²) < 4.78 is 1.66. The molecule has 1 N–H and O–H groups in total. The number of hydrogen-bond donors (Lipinski definition) is 1. The van der Waals surface area contributed by atoms with Crippen molar-refractivity contribution in [3.05, 3.63) is 53.3 Å². The first-order chi connectivity index (χ1) is 10.4. The van der Waals surface area contributed by atoms with Crippen LogP contribution in [0.4, 0.5) is 0 Å². The van der Waals surface area contributed by atoms with Gasteiger partial charge in [-0.05, 0) is 24.5 Å². The number of aromatic nitrogens is 2. The van der Waals surface area contributed by atoms with Crippen molar-refractivity contribution in [1.82, 2.24) is 15.1 Å². The average Bonchev–Trinajstić information content (AvgIpc) is 2.87. The molecule has 2 rings (SSSR count). The number of amides is 1. The normalized spacial score (nSPS) is 11.5. The molecule has 0 fully saturated rings. The highest BCUT2D eigenvalue weighted by molar-refractivity contribution is 5.92. The first kappa shape index (κ1) is 16.3. The molecule has 0 saturated carbocycles. The predicted molar refractivity (Wildman–Crippen MR) is 89.0 cm³/mol. The molecule has 1 aromatic carbocycles. The van der Waals surface area contributed by atoms with Crippen LogP contribution in [0.1, 0.15) is 48.9 Å². The highest BCUT2D eigenvalue weighted by Crippen LogP contribution is 2.21. The second-order valence-corrected chi connectivity index (χ2v) is 6.63. The summed E-state index contributed by atoms with van der Waals surface area (Å²) in [5.74, 6) is -0.0569. The fourth-order valence-electron chi connectivity index (χ4n) is 2.28. The zero-order valence-corrected chi connectivity index (χ0v) is 13.9. The molecule has 0 bridgehead atoms. The van der Waals surface area contributed by atoms with Crippen molar-refractivity contribution in [2.45, 2.75) is 39.0 Å². The second kappa shape index (κ2) is 6.77. The molecule has 0 unspecified atom stereocenters. The maximum absolute atomic E-state index is 12.2. The van der Waals surface area contributed by atoms with Crippen molar-refractivity contribution in [3.63, 3.8) is 0 Å². The van der Waals surface area contributed by atoms with E-state index < -0.39 is 0 Å². The van der Waals surface area contributed by atoms with Gasteiger partial charge in [0.2, 0.25) is 0 Å². The Balaban J connectivity index is 1.86. The Hall–Kier alpha value is -2.10. The molecule has 0 radical (unpaired) electrons. The maximum atomic E-state index is 12.2. The predicted octanol–water partition coefficient (Wildman–Crippen LogP) is 3.08. The van der Waals surface area contributed by atoms with E-state index in [1.54, 1.807) is 4.68 Å². The van der Waals surface area contributed by atoms with E-state index >= 15 is 0 Å². The number of carbonyl (C=O) groups is 1. The van der Waals surface area contributed by atoms with E-state index in [1.165, 1.54) is 5.56 Å². The summed E-state index contributed by atoms with van der Waals surface area (Å²) in [5.41, 5.74) is 2.80. The number of hydrogen-bond acceptors (Lipinski definition) is 2. The summed E-state index contributed by atoms with van der Waals surface area (Å²) in [7, 11) is 1.81. The third-order valence-electron chi connectivity index (χ3n) is 3.65. The van der Waals surface area contributed by atoms with Crippen LogP contribution in [0.25, 0.3) is 0 Å². The largest absolute Gasteiger partial charge is 0.351 e. The van der Waals surface area contributed by atoms with Gasteiger partial charge >= 0.3 is 0 Å². The van der Waals surface area contributed by atoms with Gasteiger partial charge in [0, 0.05) is 19.0 Å². The lowest BCUT2D eigenvalue weighted by molar-refractivity contribution is 0.0944. The fraction of sp³-hybridized carbons (Fsp3) is 0.444. The van der Waals surface area contributed by atoms with E-state index in [9.17, 15) is 4.79 Å². The van der Waals surface area contributed by atoms with E-state index in [1.807, 2.05) is 31.3 Å². The quantitative estimate of drug-likeness (QED) is 0.862. The van der Waals surface area contributed by atoms with Crippen molar-refractivity contribution in [1.29, 1.82) is 0 Å². The third kappa shape index (κ3) is 4.20. The fourth-order valence-corrected chi connectivity index (χ4v) is 2.28. The highest BCUT2D eigenvalue weighted by Gasteiger charge is 2.21. The van der Waals surface area contributed by atoms with Crippen LogP contribution < -0.4 is 5.32 Å². The van der Waals surface area contributed by atoms with Crippen molar-refractivity contribution in [2.75, 3.05) is 6.54 Å². The molecule has 1 amide bonds. The van der Waals surface area contributed by atoms with Gasteiger partial charge in [-0.2, -0.15) is 5.10 Å². The monoisotopic (exact) mass is 299 g/mol. The first-order valence-corrected chi connectivity index (χ1v) is 7.74. The van der Waals surface area contributed by atoms with Crippen LogP contribution >= 0.6 is 0 Å². The molecule has 118 valence electrons. The van der Waals surface area contributed by atoms with E-state index in [-0.39, 0.29) is 11.3 Å². The summed E-state index contributed by atoms with van der Waals surface area (Å²) >= 11 is 0. The molecule has 4 heteroatoms. The highest BCUT2D eigenvalue weighted by atomic mass is 16.2. The van der Waals surface area contributed by atoms with Gasteiger partial charge in [0.1, 0.15) is 5.69 Å². The number of nitrogens with one attached hydrogen (secondary N) is 1. The van der Waals surface area contributed by atoms with Crippen molar-refractivity contribution >= 4 is 5.91 Å². The molecule has 0 aliphatic carbocycles. The minimum atomic E-state index is -0.0569. The third-order valence-corrected chi connectivity index (χ3v) is 3.65.